The summed E-state index contributed by atoms with van der Waals surface area (Å²) < 4.78 is 0. The van der Waals surface area contributed by atoms with E-state index in [1.165, 1.54) is 11.3 Å². The Kier molecular flexibility index (Phi) is 6.59. The first-order valence-electron chi connectivity index (χ1n) is 10.9. The number of aromatic nitrogens is 2. The number of nitrogens with two attached hydrogens (primary N) is 2. The molecule has 0 aliphatic carbocycles. The van der Waals surface area contributed by atoms with Crippen LogP contribution in [0.2, 0.25) is 0 Å². The molecule has 0 bridgehead atoms. The maximum atomic E-state index is 11.8. The molecule has 1 fully saturated rings. The maximum Gasteiger partial charge on any atom is 0.260 e. The van der Waals surface area contributed by atoms with Gasteiger partial charge >= 0.3 is 0 Å². The van der Waals surface area contributed by atoms with Gasteiger partial charge in [0.25, 0.3) is 5.91 Å². The van der Waals surface area contributed by atoms with Crippen LogP contribution in [0.3, 0.4) is 0 Å². The molecule has 1 aliphatic rings. The zero-order valence-electron chi connectivity index (χ0n) is 18.4. The summed E-state index contributed by atoms with van der Waals surface area (Å²) >= 11 is 1.27. The van der Waals surface area contributed by atoms with Gasteiger partial charge in [-0.25, -0.2) is 4.98 Å². The molecule has 1 unspecified atom stereocenters. The lowest BCUT2D eigenvalue weighted by Gasteiger charge is -2.34. The van der Waals surface area contributed by atoms with Crippen LogP contribution in [0.4, 0.5) is 11.5 Å². The van der Waals surface area contributed by atoms with E-state index < -0.39 is 12.0 Å². The van der Waals surface area contributed by atoms with Crippen LogP contribution in [0, 0.1) is 0 Å². The number of hydrogen-bond donors (Lipinski definition) is 4. The first-order valence-corrected chi connectivity index (χ1v) is 11.8. The number of aliphatic hydroxyl groups is 1. The summed E-state index contributed by atoms with van der Waals surface area (Å²) in [4.78, 5) is 24.2. The van der Waals surface area contributed by atoms with E-state index in [0.717, 1.165) is 47.5 Å². The molecule has 4 rings (SSSR count). The number of amides is 1. The van der Waals surface area contributed by atoms with Crippen molar-refractivity contribution in [2.75, 3.05) is 30.3 Å². The van der Waals surface area contributed by atoms with Gasteiger partial charge in [-0.1, -0.05) is 19.9 Å². The van der Waals surface area contributed by atoms with Crippen molar-refractivity contribution in [3.8, 4) is 0 Å². The van der Waals surface area contributed by atoms with E-state index >= 15 is 0 Å². The number of piperidine rings is 1. The summed E-state index contributed by atoms with van der Waals surface area (Å²) in [6.07, 6.45) is 2.98. The Bertz CT molecular complexity index is 1090. The van der Waals surface area contributed by atoms with Crippen LogP contribution in [-0.4, -0.2) is 46.7 Å². The highest BCUT2D eigenvalue weighted by Crippen LogP contribution is 2.39. The van der Waals surface area contributed by atoms with Gasteiger partial charge in [0.15, 0.2) is 0 Å². The predicted octanol–water partition coefficient (Wildman–Crippen LogP) is 2.79. The number of nitrogens with zero attached hydrogens (tertiary/aromatic N) is 3. The van der Waals surface area contributed by atoms with E-state index in [2.05, 4.69) is 35.1 Å². The van der Waals surface area contributed by atoms with Crippen molar-refractivity contribution in [2.24, 2.45) is 5.73 Å². The third-order valence-corrected chi connectivity index (χ3v) is 7.12. The molecule has 0 spiro atoms. The maximum absolute atomic E-state index is 11.8. The molecule has 0 saturated carbocycles. The fourth-order valence-corrected chi connectivity index (χ4v) is 5.18. The van der Waals surface area contributed by atoms with Gasteiger partial charge in [0.05, 0.1) is 11.4 Å². The number of hydrogen-bond acceptors (Lipinski definition) is 8. The van der Waals surface area contributed by atoms with Crippen LogP contribution < -0.4 is 21.7 Å². The van der Waals surface area contributed by atoms with E-state index in [4.69, 9.17) is 16.5 Å². The summed E-state index contributed by atoms with van der Waals surface area (Å²) in [7, 11) is 0. The van der Waals surface area contributed by atoms with Gasteiger partial charge in [-0.05, 0) is 42.5 Å². The molecular weight excluding hydrogens is 424 g/mol. The monoisotopic (exact) mass is 454 g/mol. The molecule has 0 radical (unpaired) electrons. The van der Waals surface area contributed by atoms with Crippen molar-refractivity contribution < 1.29 is 9.90 Å². The van der Waals surface area contributed by atoms with Gasteiger partial charge in [0.1, 0.15) is 21.6 Å². The average molecular weight is 455 g/mol. The molecule has 1 atom stereocenters. The van der Waals surface area contributed by atoms with Crippen molar-refractivity contribution >= 4 is 39.0 Å². The molecule has 9 heteroatoms. The first-order chi connectivity index (χ1) is 15.3. The number of anilines is 2. The standard InChI is InChI=1S/C23H30N6O2S/c1-13(2)15-11-18(28-23-19(15)20(24)21(32-23)22(25)31)29-9-6-14(7-10-29)27-12-17(30)16-5-3-4-8-26-16/h3-5,8,11,13-14,17,27,30H,6-7,9-10,12,24H2,1-2H3,(H2,25,31). The lowest BCUT2D eigenvalue weighted by Crippen LogP contribution is -2.44. The third kappa shape index (κ3) is 4.55. The van der Waals surface area contributed by atoms with Crippen molar-refractivity contribution in [3.05, 3.63) is 46.6 Å². The average Bonchev–Trinajstić information content (AvgIpc) is 3.14. The normalized spacial score (nSPS) is 16.1. The summed E-state index contributed by atoms with van der Waals surface area (Å²) in [6, 6.07) is 7.99. The molecule has 170 valence electrons. The zero-order valence-corrected chi connectivity index (χ0v) is 19.2. The number of aliphatic hydroxyl groups excluding tert-OH is 1. The highest BCUT2D eigenvalue weighted by molar-refractivity contribution is 7.21. The summed E-state index contributed by atoms with van der Waals surface area (Å²) in [5.41, 5.74) is 14.0. The number of rotatable bonds is 7. The second-order valence-electron chi connectivity index (χ2n) is 8.55. The van der Waals surface area contributed by atoms with Crippen LogP contribution in [0.5, 0.6) is 0 Å². The third-order valence-electron chi connectivity index (χ3n) is 6.01. The fourth-order valence-electron chi connectivity index (χ4n) is 4.21. The van der Waals surface area contributed by atoms with E-state index in [-0.39, 0.29) is 5.92 Å². The Labute approximate surface area is 191 Å². The van der Waals surface area contributed by atoms with Crippen LogP contribution in [0.25, 0.3) is 10.2 Å². The van der Waals surface area contributed by atoms with Crippen LogP contribution in [-0.2, 0) is 0 Å². The van der Waals surface area contributed by atoms with E-state index in [9.17, 15) is 9.90 Å². The first kappa shape index (κ1) is 22.4. The SMILES string of the molecule is CC(C)c1cc(N2CCC(NCC(O)c3ccccn3)CC2)nc2sc(C(N)=O)c(N)c12. The largest absolute Gasteiger partial charge is 0.397 e. The Balaban J connectivity index is 1.45. The van der Waals surface area contributed by atoms with Crippen molar-refractivity contribution in [1.29, 1.82) is 0 Å². The zero-order chi connectivity index (χ0) is 22.8. The summed E-state index contributed by atoms with van der Waals surface area (Å²) in [5, 5.41) is 14.7. The Morgan fingerprint density at radius 1 is 1.34 bits per heavy atom. The minimum atomic E-state index is -0.615. The van der Waals surface area contributed by atoms with E-state index in [1.807, 2.05) is 18.2 Å². The molecule has 0 aromatic carbocycles. The molecular formula is C23H30N6O2S. The number of nitrogens with one attached hydrogen (secondary N) is 1. The minimum absolute atomic E-state index is 0.240. The summed E-state index contributed by atoms with van der Waals surface area (Å²) in [5.74, 6) is 0.635. The molecule has 3 aromatic heterocycles. The molecule has 8 nitrogen and oxygen atoms in total. The Hall–Kier alpha value is -2.75. The second-order valence-corrected chi connectivity index (χ2v) is 9.55. The van der Waals surface area contributed by atoms with Gasteiger partial charge in [-0.15, -0.1) is 11.3 Å². The van der Waals surface area contributed by atoms with Crippen molar-refractivity contribution in [1.82, 2.24) is 15.3 Å². The smallest absolute Gasteiger partial charge is 0.260 e. The number of pyridine rings is 2. The lowest BCUT2D eigenvalue weighted by atomic mass is 9.99. The predicted molar refractivity (Wildman–Crippen MR) is 129 cm³/mol. The molecule has 6 N–H and O–H groups in total. The van der Waals surface area contributed by atoms with Crippen molar-refractivity contribution in [2.45, 2.75) is 44.8 Å². The van der Waals surface area contributed by atoms with Gasteiger partial charge in [-0.3, -0.25) is 9.78 Å². The number of carbonyl (C=O) groups excluding carboxylic acids is 1. The van der Waals surface area contributed by atoms with Crippen LogP contribution in [0.1, 0.15) is 59.6 Å². The molecule has 4 heterocycles. The van der Waals surface area contributed by atoms with Gasteiger partial charge < -0.3 is 26.8 Å². The molecule has 1 amide bonds. The van der Waals surface area contributed by atoms with E-state index in [0.29, 0.717) is 28.8 Å². The minimum Gasteiger partial charge on any atom is -0.397 e. The quantitative estimate of drug-likeness (QED) is 0.432. The molecule has 1 aliphatic heterocycles. The fraction of sp³-hybridized carbons (Fsp3) is 0.435. The Morgan fingerprint density at radius 2 is 2.09 bits per heavy atom. The highest BCUT2D eigenvalue weighted by atomic mass is 32.1. The number of primary amides is 1. The topological polar surface area (TPSA) is 130 Å². The Morgan fingerprint density at radius 3 is 2.72 bits per heavy atom. The highest BCUT2D eigenvalue weighted by Gasteiger charge is 2.25. The van der Waals surface area contributed by atoms with E-state index in [1.54, 1.807) is 6.20 Å². The van der Waals surface area contributed by atoms with Gasteiger partial charge in [-0.2, -0.15) is 0 Å². The van der Waals surface area contributed by atoms with Crippen LogP contribution >= 0.6 is 11.3 Å². The second kappa shape index (κ2) is 9.40. The molecule has 32 heavy (non-hydrogen) atoms. The number of carbonyl (C=O) groups is 1. The molecule has 3 aromatic rings. The van der Waals surface area contributed by atoms with Crippen LogP contribution in [0.15, 0.2) is 30.5 Å². The van der Waals surface area contributed by atoms with Gasteiger partial charge in [0, 0.05) is 37.3 Å². The number of thiophene rings is 1. The summed E-state index contributed by atoms with van der Waals surface area (Å²) in [6.45, 7) is 6.42. The number of fused-ring (bicyclic) bond motifs is 1. The van der Waals surface area contributed by atoms with Crippen molar-refractivity contribution in [3.63, 3.8) is 0 Å². The van der Waals surface area contributed by atoms with Gasteiger partial charge in [0.2, 0.25) is 0 Å². The lowest BCUT2D eigenvalue weighted by molar-refractivity contribution is 0.100. The number of nitrogen functional groups attached to an aromatic ring is 1. The molecule has 1 saturated heterocycles.